The van der Waals surface area contributed by atoms with Crippen LogP contribution in [0.2, 0.25) is 0 Å². The van der Waals surface area contributed by atoms with Crippen molar-refractivity contribution < 1.29 is 4.79 Å². The van der Waals surface area contributed by atoms with E-state index in [4.69, 9.17) is 0 Å². The molecule has 0 aliphatic carbocycles. The summed E-state index contributed by atoms with van der Waals surface area (Å²) < 4.78 is 0. The second-order valence-electron chi connectivity index (χ2n) is 5.95. The number of amides is 1. The molecule has 0 saturated carbocycles. The van der Waals surface area contributed by atoms with Gasteiger partial charge in [0.1, 0.15) is 0 Å². The molecule has 6 nitrogen and oxygen atoms in total. The average molecular weight is 396 g/mol. The highest BCUT2D eigenvalue weighted by Gasteiger charge is 2.18. The van der Waals surface area contributed by atoms with Crippen molar-refractivity contribution in [1.29, 1.82) is 0 Å². The summed E-state index contributed by atoms with van der Waals surface area (Å²) >= 11 is 3.38. The highest BCUT2D eigenvalue weighted by atomic mass is 32.1. The Morgan fingerprint density at radius 3 is 2.56 bits per heavy atom. The van der Waals surface area contributed by atoms with E-state index in [1.54, 1.807) is 22.7 Å². The molecule has 3 heterocycles. The Morgan fingerprint density at radius 1 is 1.04 bits per heavy atom. The molecular formula is C19H17N5OS2. The lowest BCUT2D eigenvalue weighted by Gasteiger charge is -2.22. The van der Waals surface area contributed by atoms with Gasteiger partial charge in [0.15, 0.2) is 0 Å². The molecule has 27 heavy (non-hydrogen) atoms. The maximum Gasteiger partial charge on any atom is 0.254 e. The number of hydrogen-bond donors (Lipinski definition) is 1. The molecule has 4 rings (SSSR count). The highest BCUT2D eigenvalue weighted by molar-refractivity contribution is 7.10. The molecule has 8 heteroatoms. The number of H-pyrrole nitrogens is 1. The van der Waals surface area contributed by atoms with Gasteiger partial charge in [-0.05, 0) is 46.7 Å². The van der Waals surface area contributed by atoms with Crippen molar-refractivity contribution in [3.63, 3.8) is 0 Å². The molecule has 0 spiro atoms. The number of aromatic amines is 1. The molecule has 0 saturated heterocycles. The van der Waals surface area contributed by atoms with E-state index in [9.17, 15) is 4.79 Å². The number of nitrogens with one attached hydrogen (secondary N) is 1. The van der Waals surface area contributed by atoms with Gasteiger partial charge < -0.3 is 4.90 Å². The van der Waals surface area contributed by atoms with Gasteiger partial charge >= 0.3 is 0 Å². The minimum Gasteiger partial charge on any atom is -0.333 e. The van der Waals surface area contributed by atoms with Crippen LogP contribution in [0.4, 0.5) is 0 Å². The minimum absolute atomic E-state index is 0.00491. The molecule has 0 unspecified atom stereocenters. The summed E-state index contributed by atoms with van der Waals surface area (Å²) in [5.74, 6) is 0.485. The number of aromatic nitrogens is 4. The van der Waals surface area contributed by atoms with E-state index in [1.165, 1.54) is 9.75 Å². The van der Waals surface area contributed by atoms with Crippen molar-refractivity contribution in [3.05, 3.63) is 74.6 Å². The van der Waals surface area contributed by atoms with Gasteiger partial charge in [-0.15, -0.1) is 32.9 Å². The maximum absolute atomic E-state index is 13.2. The van der Waals surface area contributed by atoms with Crippen LogP contribution in [0.1, 0.15) is 20.1 Å². The lowest BCUT2D eigenvalue weighted by molar-refractivity contribution is 0.0747. The summed E-state index contributed by atoms with van der Waals surface area (Å²) in [6.45, 7) is 1.28. The van der Waals surface area contributed by atoms with E-state index < -0.39 is 0 Å². The van der Waals surface area contributed by atoms with Gasteiger partial charge in [-0.3, -0.25) is 4.79 Å². The summed E-state index contributed by atoms with van der Waals surface area (Å²) in [4.78, 5) is 17.6. The number of thiophene rings is 2. The predicted molar refractivity (Wildman–Crippen MR) is 107 cm³/mol. The van der Waals surface area contributed by atoms with Crippen LogP contribution < -0.4 is 0 Å². The molecule has 3 aromatic heterocycles. The quantitative estimate of drug-likeness (QED) is 0.515. The van der Waals surface area contributed by atoms with E-state index in [-0.39, 0.29) is 5.91 Å². The summed E-state index contributed by atoms with van der Waals surface area (Å²) in [6, 6.07) is 15.6. The molecule has 0 fully saturated rings. The Morgan fingerprint density at radius 2 is 1.85 bits per heavy atom. The van der Waals surface area contributed by atoms with Crippen LogP contribution in [0.25, 0.3) is 11.4 Å². The van der Waals surface area contributed by atoms with Crippen molar-refractivity contribution >= 4 is 28.6 Å². The van der Waals surface area contributed by atoms with Crippen LogP contribution >= 0.6 is 22.7 Å². The first kappa shape index (κ1) is 17.6. The summed E-state index contributed by atoms with van der Waals surface area (Å²) in [5.41, 5.74) is 1.39. The molecule has 0 radical (unpaired) electrons. The topological polar surface area (TPSA) is 74.8 Å². The van der Waals surface area contributed by atoms with E-state index in [1.807, 2.05) is 46.7 Å². The molecule has 1 amide bonds. The highest BCUT2D eigenvalue weighted by Crippen LogP contribution is 2.20. The lowest BCUT2D eigenvalue weighted by Crippen LogP contribution is -2.32. The van der Waals surface area contributed by atoms with Gasteiger partial charge in [-0.2, -0.15) is 5.21 Å². The van der Waals surface area contributed by atoms with Crippen molar-refractivity contribution in [2.24, 2.45) is 0 Å². The van der Waals surface area contributed by atoms with Crippen LogP contribution in [0, 0.1) is 0 Å². The minimum atomic E-state index is 0.00491. The van der Waals surface area contributed by atoms with Crippen LogP contribution in [-0.4, -0.2) is 38.0 Å². The molecule has 0 bridgehead atoms. The fourth-order valence-corrected chi connectivity index (χ4v) is 4.22. The zero-order valence-electron chi connectivity index (χ0n) is 14.4. The fraction of sp³-hybridized carbons (Fsp3) is 0.158. The average Bonchev–Trinajstić information content (AvgIpc) is 3.48. The maximum atomic E-state index is 13.2. The molecule has 136 valence electrons. The van der Waals surface area contributed by atoms with Crippen molar-refractivity contribution in [3.8, 4) is 11.4 Å². The van der Waals surface area contributed by atoms with E-state index in [0.29, 0.717) is 24.5 Å². The summed E-state index contributed by atoms with van der Waals surface area (Å²) in [6.07, 6.45) is 0.847. The third-order valence-corrected chi connectivity index (χ3v) is 5.93. The zero-order chi connectivity index (χ0) is 18.5. The summed E-state index contributed by atoms with van der Waals surface area (Å²) in [5, 5.41) is 18.1. The van der Waals surface area contributed by atoms with Gasteiger partial charge in [0, 0.05) is 27.4 Å². The van der Waals surface area contributed by atoms with Crippen molar-refractivity contribution in [2.75, 3.05) is 6.54 Å². The van der Waals surface area contributed by atoms with Crippen LogP contribution in [0.15, 0.2) is 59.3 Å². The Kier molecular flexibility index (Phi) is 5.36. The van der Waals surface area contributed by atoms with Crippen LogP contribution in [-0.2, 0) is 13.0 Å². The number of tetrazole rings is 1. The third-order valence-electron chi connectivity index (χ3n) is 4.14. The lowest BCUT2D eigenvalue weighted by atomic mass is 10.1. The second kappa shape index (κ2) is 8.24. The standard InChI is InChI=1S/C19H17N5OS2/c25-19(15-5-1-4-14(12-15)18-20-22-23-21-18)24(13-17-7-3-11-27-17)9-8-16-6-2-10-26-16/h1-7,10-12H,8-9,13H2,(H,20,21,22,23). The first-order valence-corrected chi connectivity index (χ1v) is 10.2. The first-order chi connectivity index (χ1) is 13.3. The number of carbonyl (C=O) groups excluding carboxylic acids is 1. The number of rotatable bonds is 7. The number of hydrogen-bond acceptors (Lipinski definition) is 6. The van der Waals surface area contributed by atoms with Gasteiger partial charge in [0.05, 0.1) is 6.54 Å². The molecule has 1 aromatic carbocycles. The monoisotopic (exact) mass is 395 g/mol. The molecular weight excluding hydrogens is 378 g/mol. The largest absolute Gasteiger partial charge is 0.333 e. The van der Waals surface area contributed by atoms with E-state index >= 15 is 0 Å². The van der Waals surface area contributed by atoms with Gasteiger partial charge in [0.25, 0.3) is 5.91 Å². The van der Waals surface area contributed by atoms with E-state index in [0.717, 1.165) is 12.0 Å². The van der Waals surface area contributed by atoms with E-state index in [2.05, 4.69) is 38.1 Å². The molecule has 4 aromatic rings. The molecule has 0 atom stereocenters. The molecule has 1 N–H and O–H groups in total. The van der Waals surface area contributed by atoms with Gasteiger partial charge in [0.2, 0.25) is 5.82 Å². The zero-order valence-corrected chi connectivity index (χ0v) is 16.0. The summed E-state index contributed by atoms with van der Waals surface area (Å²) in [7, 11) is 0. The van der Waals surface area contributed by atoms with Gasteiger partial charge in [-0.1, -0.05) is 24.3 Å². The third kappa shape index (κ3) is 4.29. The smallest absolute Gasteiger partial charge is 0.254 e. The van der Waals surface area contributed by atoms with Gasteiger partial charge in [-0.25, -0.2) is 0 Å². The Bertz CT molecular complexity index is 981. The first-order valence-electron chi connectivity index (χ1n) is 8.47. The Hall–Kier alpha value is -2.84. The normalized spacial score (nSPS) is 10.8. The van der Waals surface area contributed by atoms with Crippen molar-refractivity contribution in [2.45, 2.75) is 13.0 Å². The number of nitrogens with zero attached hydrogens (tertiary/aromatic N) is 4. The predicted octanol–water partition coefficient (Wildman–Crippen LogP) is 3.87. The van der Waals surface area contributed by atoms with Crippen LogP contribution in [0.3, 0.4) is 0 Å². The van der Waals surface area contributed by atoms with Crippen molar-refractivity contribution in [1.82, 2.24) is 25.5 Å². The number of carbonyl (C=O) groups is 1. The molecule has 0 aliphatic rings. The Balaban J connectivity index is 1.56. The number of benzene rings is 1. The molecule has 0 aliphatic heterocycles. The fourth-order valence-electron chi connectivity index (χ4n) is 2.80. The SMILES string of the molecule is O=C(c1cccc(-c2nn[nH]n2)c1)N(CCc1cccs1)Cc1cccs1. The second-order valence-corrected chi connectivity index (χ2v) is 8.02. The Labute approximate surface area is 164 Å². The van der Waals surface area contributed by atoms with Crippen LogP contribution in [0.5, 0.6) is 0 Å².